The first-order valence-electron chi connectivity index (χ1n) is 40.8. The van der Waals surface area contributed by atoms with E-state index in [1.807, 2.05) is 0 Å². The van der Waals surface area contributed by atoms with Crippen molar-refractivity contribution in [1.29, 1.82) is 0 Å². The molecule has 582 valence electrons. The predicted octanol–water partition coefficient (Wildman–Crippen LogP) is 23.2. The summed E-state index contributed by atoms with van der Waals surface area (Å²) >= 11 is 0. The van der Waals surface area contributed by atoms with Crippen molar-refractivity contribution in [1.82, 2.24) is 0 Å². The van der Waals surface area contributed by atoms with Gasteiger partial charge in [-0.3, -0.25) is 37.3 Å². The lowest BCUT2D eigenvalue weighted by Gasteiger charge is -2.21. The molecule has 0 aliphatic carbocycles. The Kier molecular flexibility index (Phi) is 66.8. The number of unbranched alkanes of at least 4 members (excludes halogenated alkanes) is 40. The Morgan fingerprint density at radius 2 is 0.490 bits per heavy atom. The summed E-state index contributed by atoms with van der Waals surface area (Å²) in [5.74, 6) is 0.944. The molecule has 0 aliphatic heterocycles. The summed E-state index contributed by atoms with van der Waals surface area (Å²) in [7, 11) is -9.91. The maximum atomic E-state index is 13.1. The highest BCUT2D eigenvalue weighted by molar-refractivity contribution is 7.47. The van der Waals surface area contributed by atoms with Gasteiger partial charge in [0, 0.05) is 25.7 Å². The lowest BCUT2D eigenvalue weighted by Crippen LogP contribution is -2.30. The van der Waals surface area contributed by atoms with Gasteiger partial charge in [0.1, 0.15) is 19.3 Å². The Balaban J connectivity index is 5.16. The fraction of sp³-hybridized carbons (Fsp3) is 0.949. The van der Waals surface area contributed by atoms with Crippen molar-refractivity contribution < 1.29 is 80.2 Å². The Morgan fingerprint density at radius 3 is 0.724 bits per heavy atom. The molecule has 0 saturated heterocycles. The topological polar surface area (TPSA) is 237 Å². The zero-order chi connectivity index (χ0) is 72.4. The van der Waals surface area contributed by atoms with Crippen LogP contribution in [0.4, 0.5) is 0 Å². The third-order valence-electron chi connectivity index (χ3n) is 19.0. The van der Waals surface area contributed by atoms with Crippen molar-refractivity contribution in [2.24, 2.45) is 23.7 Å². The number of rotatable bonds is 76. The maximum absolute atomic E-state index is 13.1. The number of carbonyl (C=O) groups excluding carboxylic acids is 4. The molecule has 0 bridgehead atoms. The highest BCUT2D eigenvalue weighted by Gasteiger charge is 2.30. The van der Waals surface area contributed by atoms with Crippen LogP contribution in [-0.2, 0) is 65.4 Å². The highest BCUT2D eigenvalue weighted by Crippen LogP contribution is 2.45. The van der Waals surface area contributed by atoms with Crippen molar-refractivity contribution in [2.45, 2.75) is 420 Å². The van der Waals surface area contributed by atoms with Crippen LogP contribution in [0.2, 0.25) is 0 Å². The van der Waals surface area contributed by atoms with Crippen LogP contribution in [0, 0.1) is 23.7 Å². The first kappa shape index (κ1) is 96.1. The maximum Gasteiger partial charge on any atom is 0.472 e. The molecular weight excluding hydrogens is 1280 g/mol. The first-order chi connectivity index (χ1) is 47.2. The van der Waals surface area contributed by atoms with Gasteiger partial charge in [0.2, 0.25) is 0 Å². The summed E-state index contributed by atoms with van der Waals surface area (Å²) in [6.45, 7) is 14.2. The minimum absolute atomic E-state index is 0.101. The van der Waals surface area contributed by atoms with Crippen molar-refractivity contribution in [3.63, 3.8) is 0 Å². The zero-order valence-corrected chi connectivity index (χ0v) is 66.2. The molecule has 0 heterocycles. The van der Waals surface area contributed by atoms with Gasteiger partial charge in [-0.1, -0.05) is 351 Å². The molecule has 0 aromatic carbocycles. The standard InChI is InChI=1S/C79H154O17P2/c1-9-71(7)57-49-41-31-27-23-19-15-13-11-12-14-16-21-25-29-33-43-51-59-76(81)89-65-74(95-78(83)61-53-45-34-30-26-22-18-17-20-24-28-32-42-50-58-72(8)10-2)67-93-97(85,86)91-63-73(80)64-92-98(87,88)94-68-75(96-79(84)62-54-46-38-36-40-48-56-70(5)6)66-90-77(82)60-52-44-37-35-39-47-55-69(3)4/h69-75,80H,9-68H2,1-8H3,(H,85,86)(H,87,88)/t71?,72?,73-,74-,75-/m1/s1. The Bertz CT molecular complexity index is 1920. The van der Waals surface area contributed by atoms with Crippen LogP contribution in [0.25, 0.3) is 0 Å². The summed E-state index contributed by atoms with van der Waals surface area (Å²) in [5.41, 5.74) is 0. The Labute approximate surface area is 600 Å². The van der Waals surface area contributed by atoms with E-state index in [0.717, 1.165) is 108 Å². The van der Waals surface area contributed by atoms with Gasteiger partial charge in [0.25, 0.3) is 0 Å². The number of carbonyl (C=O) groups is 4. The third-order valence-corrected chi connectivity index (χ3v) is 20.9. The molecule has 7 atom stereocenters. The second-order valence-corrected chi connectivity index (χ2v) is 32.8. The SMILES string of the molecule is CCC(C)CCCCCCCCCCCCCCCCCCCCC(=O)OC[C@H](COP(=O)(O)OC[C@@H](O)COP(=O)(O)OC[C@@H](COC(=O)CCCCCCCCC(C)C)OC(=O)CCCCCCCCC(C)C)OC(=O)CCCCCCCCCCCCCCCCC(C)CC. The van der Waals surface area contributed by atoms with E-state index in [1.165, 1.54) is 199 Å². The van der Waals surface area contributed by atoms with Crippen LogP contribution in [0.5, 0.6) is 0 Å². The van der Waals surface area contributed by atoms with E-state index in [4.69, 9.17) is 37.0 Å². The number of aliphatic hydroxyl groups excluding tert-OH is 1. The molecule has 19 heteroatoms. The molecule has 3 N–H and O–H groups in total. The number of phosphoric acid groups is 2. The average Bonchev–Trinajstić information content (AvgIpc) is 0.962. The fourth-order valence-corrected chi connectivity index (χ4v) is 13.6. The normalized spacial score (nSPS) is 14.6. The van der Waals surface area contributed by atoms with Crippen LogP contribution in [0.1, 0.15) is 402 Å². The number of phosphoric ester groups is 2. The monoisotopic (exact) mass is 1440 g/mol. The van der Waals surface area contributed by atoms with Gasteiger partial charge in [-0.15, -0.1) is 0 Å². The van der Waals surface area contributed by atoms with Gasteiger partial charge in [-0.25, -0.2) is 9.13 Å². The van der Waals surface area contributed by atoms with E-state index in [9.17, 15) is 43.2 Å². The van der Waals surface area contributed by atoms with E-state index in [2.05, 4.69) is 55.4 Å². The van der Waals surface area contributed by atoms with Gasteiger partial charge in [-0.2, -0.15) is 0 Å². The molecule has 0 fully saturated rings. The molecule has 4 unspecified atom stereocenters. The first-order valence-corrected chi connectivity index (χ1v) is 43.8. The fourth-order valence-electron chi connectivity index (χ4n) is 12.0. The molecule has 0 aromatic rings. The van der Waals surface area contributed by atoms with Crippen LogP contribution in [0.3, 0.4) is 0 Å². The minimum atomic E-state index is -4.96. The molecule has 0 aromatic heterocycles. The van der Waals surface area contributed by atoms with Crippen LogP contribution in [0.15, 0.2) is 0 Å². The molecule has 0 radical (unpaired) electrons. The molecule has 0 rings (SSSR count). The summed E-state index contributed by atoms with van der Waals surface area (Å²) in [6.07, 6.45) is 54.6. The van der Waals surface area contributed by atoms with Gasteiger partial charge < -0.3 is 33.8 Å². The van der Waals surface area contributed by atoms with Gasteiger partial charge in [0.15, 0.2) is 12.2 Å². The number of ether oxygens (including phenoxy) is 4. The Morgan fingerprint density at radius 1 is 0.286 bits per heavy atom. The quantitative estimate of drug-likeness (QED) is 0.0222. The summed E-state index contributed by atoms with van der Waals surface area (Å²) in [4.78, 5) is 72.8. The number of esters is 4. The van der Waals surface area contributed by atoms with Crippen LogP contribution < -0.4 is 0 Å². The van der Waals surface area contributed by atoms with E-state index in [-0.39, 0.29) is 25.7 Å². The molecule has 0 amide bonds. The zero-order valence-electron chi connectivity index (χ0n) is 64.4. The Hall–Kier alpha value is -1.94. The van der Waals surface area contributed by atoms with Crippen molar-refractivity contribution in [3.8, 4) is 0 Å². The highest BCUT2D eigenvalue weighted by atomic mass is 31.2. The number of aliphatic hydroxyl groups is 1. The average molecular weight is 1440 g/mol. The van der Waals surface area contributed by atoms with Crippen molar-refractivity contribution in [2.75, 3.05) is 39.6 Å². The lowest BCUT2D eigenvalue weighted by atomic mass is 9.99. The van der Waals surface area contributed by atoms with Gasteiger partial charge >= 0.3 is 39.5 Å². The molecule has 0 aliphatic rings. The lowest BCUT2D eigenvalue weighted by molar-refractivity contribution is -0.161. The molecule has 0 saturated carbocycles. The number of hydrogen-bond acceptors (Lipinski definition) is 15. The molecular formula is C79H154O17P2. The second-order valence-electron chi connectivity index (χ2n) is 29.9. The van der Waals surface area contributed by atoms with Crippen molar-refractivity contribution in [3.05, 3.63) is 0 Å². The van der Waals surface area contributed by atoms with E-state index < -0.39 is 97.5 Å². The molecule has 17 nitrogen and oxygen atoms in total. The largest absolute Gasteiger partial charge is 0.472 e. The van der Waals surface area contributed by atoms with Crippen LogP contribution >= 0.6 is 15.6 Å². The van der Waals surface area contributed by atoms with Crippen molar-refractivity contribution >= 4 is 39.5 Å². The van der Waals surface area contributed by atoms with E-state index >= 15 is 0 Å². The molecule has 0 spiro atoms. The van der Waals surface area contributed by atoms with Gasteiger partial charge in [-0.05, 0) is 49.4 Å². The summed E-state index contributed by atoms with van der Waals surface area (Å²) in [6, 6.07) is 0. The van der Waals surface area contributed by atoms with Crippen LogP contribution in [-0.4, -0.2) is 96.7 Å². The molecule has 98 heavy (non-hydrogen) atoms. The number of hydrogen-bond donors (Lipinski definition) is 3. The third kappa shape index (κ3) is 69.8. The predicted molar refractivity (Wildman–Crippen MR) is 400 cm³/mol. The minimum Gasteiger partial charge on any atom is -0.462 e. The smallest absolute Gasteiger partial charge is 0.462 e. The van der Waals surface area contributed by atoms with E-state index in [1.54, 1.807) is 0 Å². The van der Waals surface area contributed by atoms with Gasteiger partial charge in [0.05, 0.1) is 26.4 Å². The summed E-state index contributed by atoms with van der Waals surface area (Å²) < 4.78 is 68.5. The van der Waals surface area contributed by atoms with E-state index in [0.29, 0.717) is 37.5 Å². The summed E-state index contributed by atoms with van der Waals surface area (Å²) in [5, 5.41) is 10.6. The second kappa shape index (κ2) is 68.2.